The van der Waals surface area contributed by atoms with Gasteiger partial charge < -0.3 is 24.4 Å². The van der Waals surface area contributed by atoms with Gasteiger partial charge in [-0.1, -0.05) is 22.0 Å². The third kappa shape index (κ3) is 5.86. The van der Waals surface area contributed by atoms with Gasteiger partial charge in [-0.2, -0.15) is 0 Å². The highest BCUT2D eigenvalue weighted by Crippen LogP contribution is 2.45. The first-order valence-electron chi connectivity index (χ1n) is 9.76. The van der Waals surface area contributed by atoms with Gasteiger partial charge in [0.05, 0.1) is 26.6 Å². The van der Waals surface area contributed by atoms with E-state index in [1.807, 2.05) is 29.2 Å². The molecule has 2 aromatic carbocycles. The number of anilines is 1. The van der Waals surface area contributed by atoms with Crippen LogP contribution < -0.4 is 19.5 Å². The van der Waals surface area contributed by atoms with E-state index in [0.29, 0.717) is 48.3 Å². The van der Waals surface area contributed by atoms with E-state index in [-0.39, 0.29) is 17.2 Å². The summed E-state index contributed by atoms with van der Waals surface area (Å²) in [6.45, 7) is 2.49. The summed E-state index contributed by atoms with van der Waals surface area (Å²) in [5, 5.41) is 2.63. The summed E-state index contributed by atoms with van der Waals surface area (Å²) in [5.74, 6) is 2.34. The van der Waals surface area contributed by atoms with E-state index in [2.05, 4.69) is 21.2 Å². The molecule has 1 unspecified atom stereocenters. The van der Waals surface area contributed by atoms with Crippen LogP contribution in [0.25, 0.3) is 0 Å². The maximum atomic E-state index is 12.5. The third-order valence-electron chi connectivity index (χ3n) is 4.70. The van der Waals surface area contributed by atoms with Crippen LogP contribution in [0.1, 0.15) is 24.3 Å². The molecule has 1 aliphatic heterocycles. The average Bonchev–Trinajstić information content (AvgIpc) is 3.11. The molecule has 7 nitrogen and oxygen atoms in total. The molecule has 0 spiro atoms. The topological polar surface area (TPSA) is 77.1 Å². The molecule has 1 N–H and O–H groups in total. The summed E-state index contributed by atoms with van der Waals surface area (Å²) in [5.41, 5.74) is 1.66. The standard InChI is InChI=1S/C22H25BrN2O5S/c1-14(26)24-15-6-4-7-16(10-15)30-9-5-8-25-21(27)13-31-22(25)17-11-19(28-2)20(29-3)12-18(17)23/h4,6-7,10-12,22H,5,8-9,13H2,1-3H3,(H,24,26). The predicted octanol–water partition coefficient (Wildman–Crippen LogP) is 4.47. The normalized spacial score (nSPS) is 15.7. The number of hydrogen-bond donors (Lipinski definition) is 1. The lowest BCUT2D eigenvalue weighted by molar-refractivity contribution is -0.128. The van der Waals surface area contributed by atoms with Crippen molar-refractivity contribution in [1.82, 2.24) is 4.90 Å². The van der Waals surface area contributed by atoms with Crippen LogP contribution in [0.5, 0.6) is 17.2 Å². The van der Waals surface area contributed by atoms with Gasteiger partial charge in [0.25, 0.3) is 0 Å². The lowest BCUT2D eigenvalue weighted by Gasteiger charge is -2.26. The van der Waals surface area contributed by atoms with Gasteiger partial charge in [-0.25, -0.2) is 0 Å². The molecule has 0 radical (unpaired) electrons. The molecule has 1 saturated heterocycles. The molecule has 1 heterocycles. The fourth-order valence-electron chi connectivity index (χ4n) is 3.30. The second-order valence-corrected chi connectivity index (χ2v) is 8.81. The van der Waals surface area contributed by atoms with Gasteiger partial charge in [0.1, 0.15) is 11.1 Å². The number of nitrogens with zero attached hydrogens (tertiary/aromatic N) is 1. The van der Waals surface area contributed by atoms with Gasteiger partial charge in [0.2, 0.25) is 11.8 Å². The van der Waals surface area contributed by atoms with Gasteiger partial charge in [0, 0.05) is 35.3 Å². The Morgan fingerprint density at radius 2 is 1.97 bits per heavy atom. The number of benzene rings is 2. The highest BCUT2D eigenvalue weighted by molar-refractivity contribution is 9.10. The predicted molar refractivity (Wildman–Crippen MR) is 125 cm³/mol. The zero-order valence-electron chi connectivity index (χ0n) is 17.6. The molecule has 166 valence electrons. The number of rotatable bonds is 9. The van der Waals surface area contributed by atoms with Crippen LogP contribution in [0.15, 0.2) is 40.9 Å². The van der Waals surface area contributed by atoms with Gasteiger partial charge in [-0.05, 0) is 30.7 Å². The minimum Gasteiger partial charge on any atom is -0.493 e. The van der Waals surface area contributed by atoms with E-state index >= 15 is 0 Å². The van der Waals surface area contributed by atoms with Crippen molar-refractivity contribution in [3.05, 3.63) is 46.4 Å². The van der Waals surface area contributed by atoms with Crippen molar-refractivity contribution < 1.29 is 23.8 Å². The summed E-state index contributed by atoms with van der Waals surface area (Å²) in [6.07, 6.45) is 0.679. The number of carbonyl (C=O) groups is 2. The molecule has 9 heteroatoms. The maximum absolute atomic E-state index is 12.5. The van der Waals surface area contributed by atoms with E-state index in [4.69, 9.17) is 14.2 Å². The second kappa shape index (κ2) is 10.8. The Hall–Kier alpha value is -2.39. The zero-order valence-corrected chi connectivity index (χ0v) is 20.0. The van der Waals surface area contributed by atoms with Gasteiger partial charge in [0.15, 0.2) is 11.5 Å². The van der Waals surface area contributed by atoms with Crippen LogP contribution in [0.4, 0.5) is 5.69 Å². The molecule has 1 fully saturated rings. The number of hydrogen-bond acceptors (Lipinski definition) is 6. The molecule has 31 heavy (non-hydrogen) atoms. The van der Waals surface area contributed by atoms with Gasteiger partial charge >= 0.3 is 0 Å². The number of methoxy groups -OCH3 is 2. The number of ether oxygens (including phenoxy) is 3. The lowest BCUT2D eigenvalue weighted by atomic mass is 10.1. The molecular formula is C22H25BrN2O5S. The van der Waals surface area contributed by atoms with E-state index < -0.39 is 0 Å². The fraction of sp³-hybridized carbons (Fsp3) is 0.364. The first-order valence-corrected chi connectivity index (χ1v) is 11.6. The minimum absolute atomic E-state index is 0.101. The highest BCUT2D eigenvalue weighted by atomic mass is 79.9. The molecule has 0 bridgehead atoms. The van der Waals surface area contributed by atoms with Crippen molar-refractivity contribution >= 4 is 45.2 Å². The highest BCUT2D eigenvalue weighted by Gasteiger charge is 2.34. The van der Waals surface area contributed by atoms with Crippen molar-refractivity contribution in [1.29, 1.82) is 0 Å². The van der Waals surface area contributed by atoms with Crippen LogP contribution in [0.3, 0.4) is 0 Å². The second-order valence-electron chi connectivity index (χ2n) is 6.89. The quantitative estimate of drug-likeness (QED) is 0.503. The molecule has 3 rings (SSSR count). The average molecular weight is 509 g/mol. The molecule has 0 aliphatic carbocycles. The van der Waals surface area contributed by atoms with Crippen LogP contribution in [0, 0.1) is 0 Å². The van der Waals surface area contributed by atoms with Crippen LogP contribution in [-0.2, 0) is 9.59 Å². The Labute approximate surface area is 194 Å². The first-order chi connectivity index (χ1) is 14.9. The lowest BCUT2D eigenvalue weighted by Crippen LogP contribution is -2.30. The monoisotopic (exact) mass is 508 g/mol. The Morgan fingerprint density at radius 3 is 2.68 bits per heavy atom. The minimum atomic E-state index is -0.130. The molecule has 0 aromatic heterocycles. The summed E-state index contributed by atoms with van der Waals surface area (Å²) < 4.78 is 17.5. The number of halogens is 1. The Balaban J connectivity index is 1.62. The molecule has 1 aliphatic rings. The van der Waals surface area contributed by atoms with E-state index in [1.165, 1.54) is 6.92 Å². The van der Waals surface area contributed by atoms with Gasteiger partial charge in [-0.3, -0.25) is 9.59 Å². The number of amides is 2. The maximum Gasteiger partial charge on any atom is 0.233 e. The number of thioether (sulfide) groups is 1. The van der Waals surface area contributed by atoms with Crippen molar-refractivity contribution in [3.63, 3.8) is 0 Å². The summed E-state index contributed by atoms with van der Waals surface area (Å²) in [4.78, 5) is 25.6. The van der Waals surface area contributed by atoms with E-state index in [0.717, 1.165) is 10.0 Å². The smallest absolute Gasteiger partial charge is 0.233 e. The zero-order chi connectivity index (χ0) is 22.4. The van der Waals surface area contributed by atoms with Crippen LogP contribution in [-0.4, -0.2) is 49.8 Å². The Kier molecular flexibility index (Phi) is 8.09. The fourth-order valence-corrected chi connectivity index (χ4v) is 5.24. The molecule has 2 amide bonds. The Morgan fingerprint density at radius 1 is 1.23 bits per heavy atom. The third-order valence-corrected chi connectivity index (χ3v) is 6.63. The first kappa shape index (κ1) is 23.3. The number of carbonyl (C=O) groups excluding carboxylic acids is 2. The van der Waals surface area contributed by atoms with Crippen molar-refractivity contribution in [3.8, 4) is 17.2 Å². The summed E-state index contributed by atoms with van der Waals surface area (Å²) in [6, 6.07) is 11.0. The van der Waals surface area contributed by atoms with Crippen molar-refractivity contribution in [2.75, 3.05) is 38.4 Å². The SMILES string of the molecule is COc1cc(Br)c(C2SCC(=O)N2CCCOc2cccc(NC(C)=O)c2)cc1OC. The molecular weight excluding hydrogens is 484 g/mol. The number of nitrogens with one attached hydrogen (secondary N) is 1. The largest absolute Gasteiger partial charge is 0.493 e. The molecule has 1 atom stereocenters. The van der Waals surface area contributed by atoms with Crippen molar-refractivity contribution in [2.24, 2.45) is 0 Å². The van der Waals surface area contributed by atoms with Crippen LogP contribution >= 0.6 is 27.7 Å². The summed E-state index contributed by atoms with van der Waals surface area (Å²) in [7, 11) is 3.19. The molecule has 2 aromatic rings. The van der Waals surface area contributed by atoms with Crippen LogP contribution in [0.2, 0.25) is 0 Å². The molecule has 0 saturated carbocycles. The Bertz CT molecular complexity index is 955. The van der Waals surface area contributed by atoms with E-state index in [1.54, 1.807) is 38.1 Å². The van der Waals surface area contributed by atoms with E-state index in [9.17, 15) is 9.59 Å². The van der Waals surface area contributed by atoms with Gasteiger partial charge in [-0.15, -0.1) is 11.8 Å². The summed E-state index contributed by atoms with van der Waals surface area (Å²) >= 11 is 5.19. The van der Waals surface area contributed by atoms with Crippen molar-refractivity contribution in [2.45, 2.75) is 18.7 Å².